The van der Waals surface area contributed by atoms with Gasteiger partial charge in [-0.05, 0) is 13.5 Å². The van der Waals surface area contributed by atoms with Gasteiger partial charge in [0.25, 0.3) is 0 Å². The third-order valence-corrected chi connectivity index (χ3v) is 2.56. The minimum Gasteiger partial charge on any atom is -0.304 e. The standard InChI is InChI=1S/C7H14N2/c1-8-4-5-9-3-2-7(9)6-8/h7H,2-6H2,1H3. The fourth-order valence-electron chi connectivity index (χ4n) is 1.75. The van der Waals surface area contributed by atoms with Gasteiger partial charge in [0.05, 0.1) is 0 Å². The Hall–Kier alpha value is -0.0800. The summed E-state index contributed by atoms with van der Waals surface area (Å²) in [6.45, 7) is 5.25. The molecule has 0 aromatic rings. The summed E-state index contributed by atoms with van der Waals surface area (Å²) in [6, 6.07) is 0.920. The molecule has 0 N–H and O–H groups in total. The highest BCUT2D eigenvalue weighted by atomic mass is 15.3. The number of nitrogens with zero attached hydrogens (tertiary/aromatic N) is 2. The number of piperazine rings is 1. The first-order valence-corrected chi connectivity index (χ1v) is 3.79. The maximum absolute atomic E-state index is 2.58. The summed E-state index contributed by atoms with van der Waals surface area (Å²) in [6.07, 6.45) is 1.43. The molecular weight excluding hydrogens is 112 g/mol. The van der Waals surface area contributed by atoms with E-state index in [0.29, 0.717) is 0 Å². The van der Waals surface area contributed by atoms with Crippen molar-refractivity contribution in [3.05, 3.63) is 0 Å². The Morgan fingerprint density at radius 1 is 1.22 bits per heavy atom. The van der Waals surface area contributed by atoms with Gasteiger partial charge in [-0.3, -0.25) is 4.90 Å². The van der Waals surface area contributed by atoms with Gasteiger partial charge in [0.15, 0.2) is 0 Å². The highest BCUT2D eigenvalue weighted by molar-refractivity contribution is 4.88. The van der Waals surface area contributed by atoms with E-state index >= 15 is 0 Å². The second kappa shape index (κ2) is 1.96. The molecule has 0 radical (unpaired) electrons. The average molecular weight is 126 g/mol. The predicted molar refractivity (Wildman–Crippen MR) is 37.5 cm³/mol. The smallest absolute Gasteiger partial charge is 0.0235 e. The van der Waals surface area contributed by atoms with Crippen LogP contribution in [0.2, 0.25) is 0 Å². The maximum Gasteiger partial charge on any atom is 0.0235 e. The minimum atomic E-state index is 0.920. The van der Waals surface area contributed by atoms with Crippen molar-refractivity contribution in [3.8, 4) is 0 Å². The summed E-state index contributed by atoms with van der Waals surface area (Å²) in [4.78, 5) is 5.01. The van der Waals surface area contributed by atoms with Crippen molar-refractivity contribution >= 4 is 0 Å². The van der Waals surface area contributed by atoms with Crippen LogP contribution in [0.15, 0.2) is 0 Å². The largest absolute Gasteiger partial charge is 0.304 e. The molecule has 2 nitrogen and oxygen atoms in total. The molecule has 2 saturated heterocycles. The second-order valence-corrected chi connectivity index (χ2v) is 3.24. The summed E-state index contributed by atoms with van der Waals surface area (Å²) in [5, 5.41) is 0. The molecule has 2 aliphatic rings. The highest BCUT2D eigenvalue weighted by Crippen LogP contribution is 2.20. The lowest BCUT2D eigenvalue weighted by Crippen LogP contribution is -2.59. The fourth-order valence-corrected chi connectivity index (χ4v) is 1.75. The van der Waals surface area contributed by atoms with Crippen molar-refractivity contribution in [1.82, 2.24) is 9.80 Å². The monoisotopic (exact) mass is 126 g/mol. The summed E-state index contributed by atoms with van der Waals surface area (Å²) in [5.41, 5.74) is 0. The zero-order valence-electron chi connectivity index (χ0n) is 6.01. The van der Waals surface area contributed by atoms with Crippen molar-refractivity contribution in [2.45, 2.75) is 12.5 Å². The quantitative estimate of drug-likeness (QED) is 0.451. The van der Waals surface area contributed by atoms with Crippen LogP contribution in [0.1, 0.15) is 6.42 Å². The first kappa shape index (κ1) is 5.69. The van der Waals surface area contributed by atoms with Crippen LogP contribution in [-0.2, 0) is 0 Å². The van der Waals surface area contributed by atoms with Crippen LogP contribution in [-0.4, -0.2) is 49.1 Å². The third-order valence-electron chi connectivity index (χ3n) is 2.56. The lowest BCUT2D eigenvalue weighted by atomic mass is 10.0. The average Bonchev–Trinajstić information content (AvgIpc) is 1.78. The van der Waals surface area contributed by atoms with E-state index in [1.54, 1.807) is 0 Å². The molecule has 2 aliphatic heterocycles. The normalized spacial score (nSPS) is 37.7. The van der Waals surface area contributed by atoms with E-state index in [1.807, 2.05) is 0 Å². The van der Waals surface area contributed by atoms with Gasteiger partial charge in [0.2, 0.25) is 0 Å². The van der Waals surface area contributed by atoms with Crippen molar-refractivity contribution < 1.29 is 0 Å². The maximum atomic E-state index is 2.58. The molecule has 9 heavy (non-hydrogen) atoms. The lowest BCUT2D eigenvalue weighted by Gasteiger charge is -2.47. The molecule has 2 rings (SSSR count). The molecule has 0 spiro atoms. The molecule has 0 aromatic carbocycles. The Bertz CT molecular complexity index is 113. The number of hydrogen-bond donors (Lipinski definition) is 0. The lowest BCUT2D eigenvalue weighted by molar-refractivity contribution is 0.0167. The summed E-state index contributed by atoms with van der Waals surface area (Å²) >= 11 is 0. The van der Waals surface area contributed by atoms with Crippen LogP contribution in [0.4, 0.5) is 0 Å². The Morgan fingerprint density at radius 2 is 2.11 bits per heavy atom. The van der Waals surface area contributed by atoms with E-state index in [0.717, 1.165) is 6.04 Å². The van der Waals surface area contributed by atoms with Gasteiger partial charge in [-0.2, -0.15) is 0 Å². The van der Waals surface area contributed by atoms with E-state index in [-0.39, 0.29) is 0 Å². The third kappa shape index (κ3) is 0.864. The van der Waals surface area contributed by atoms with Crippen LogP contribution >= 0.6 is 0 Å². The zero-order chi connectivity index (χ0) is 6.27. The molecule has 1 unspecified atom stereocenters. The summed E-state index contributed by atoms with van der Waals surface area (Å²) < 4.78 is 0. The van der Waals surface area contributed by atoms with E-state index in [9.17, 15) is 0 Å². The van der Waals surface area contributed by atoms with Crippen molar-refractivity contribution in [3.63, 3.8) is 0 Å². The Balaban J connectivity index is 1.92. The predicted octanol–water partition coefficient (Wildman–Crippen LogP) is 0.00610. The molecule has 52 valence electrons. The van der Waals surface area contributed by atoms with E-state index in [1.165, 1.54) is 32.6 Å². The molecule has 0 amide bonds. The van der Waals surface area contributed by atoms with Gasteiger partial charge in [-0.15, -0.1) is 0 Å². The number of hydrogen-bond acceptors (Lipinski definition) is 2. The van der Waals surface area contributed by atoms with Crippen LogP contribution in [0, 0.1) is 0 Å². The highest BCUT2D eigenvalue weighted by Gasteiger charge is 2.31. The Kier molecular flexibility index (Phi) is 1.24. The van der Waals surface area contributed by atoms with Gasteiger partial charge >= 0.3 is 0 Å². The summed E-state index contributed by atoms with van der Waals surface area (Å²) in [7, 11) is 2.22. The number of fused-ring (bicyclic) bond motifs is 1. The Morgan fingerprint density at radius 3 is 2.56 bits per heavy atom. The van der Waals surface area contributed by atoms with E-state index in [2.05, 4.69) is 16.8 Å². The molecule has 0 bridgehead atoms. The summed E-state index contributed by atoms with van der Waals surface area (Å²) in [5.74, 6) is 0. The molecule has 2 heterocycles. The van der Waals surface area contributed by atoms with E-state index < -0.39 is 0 Å². The SMILES string of the molecule is CN1CCN2CCC2C1. The van der Waals surface area contributed by atoms with Crippen molar-refractivity contribution in [2.75, 3.05) is 33.2 Å². The zero-order valence-corrected chi connectivity index (χ0v) is 6.01. The van der Waals surface area contributed by atoms with E-state index in [4.69, 9.17) is 0 Å². The molecule has 0 saturated carbocycles. The molecule has 0 aromatic heterocycles. The fraction of sp³-hybridized carbons (Fsp3) is 1.00. The molecule has 2 heteroatoms. The van der Waals surface area contributed by atoms with Gasteiger partial charge in [-0.1, -0.05) is 0 Å². The van der Waals surface area contributed by atoms with Crippen molar-refractivity contribution in [1.29, 1.82) is 0 Å². The van der Waals surface area contributed by atoms with Crippen LogP contribution < -0.4 is 0 Å². The van der Waals surface area contributed by atoms with Crippen LogP contribution in [0.3, 0.4) is 0 Å². The molecule has 2 fully saturated rings. The van der Waals surface area contributed by atoms with Gasteiger partial charge in [0, 0.05) is 32.2 Å². The van der Waals surface area contributed by atoms with Gasteiger partial charge < -0.3 is 4.90 Å². The molecular formula is C7H14N2. The number of rotatable bonds is 0. The first-order valence-electron chi connectivity index (χ1n) is 3.79. The van der Waals surface area contributed by atoms with Crippen LogP contribution in [0.25, 0.3) is 0 Å². The second-order valence-electron chi connectivity index (χ2n) is 3.24. The van der Waals surface area contributed by atoms with Crippen LogP contribution in [0.5, 0.6) is 0 Å². The molecule has 1 atom stereocenters. The first-order chi connectivity index (χ1) is 4.36. The number of likely N-dealkylation sites (N-methyl/N-ethyl adjacent to an activating group) is 1. The minimum absolute atomic E-state index is 0.920. The van der Waals surface area contributed by atoms with Gasteiger partial charge in [-0.25, -0.2) is 0 Å². The van der Waals surface area contributed by atoms with Gasteiger partial charge in [0.1, 0.15) is 0 Å². The van der Waals surface area contributed by atoms with Crippen molar-refractivity contribution in [2.24, 2.45) is 0 Å². The molecule has 0 aliphatic carbocycles. The topological polar surface area (TPSA) is 6.48 Å². The Labute approximate surface area is 56.4 Å².